The second kappa shape index (κ2) is 7.42. The van der Waals surface area contributed by atoms with Crippen LogP contribution in [0.5, 0.6) is 0 Å². The maximum Gasteiger partial charge on any atom is 0.225 e. The fraction of sp³-hybridized carbons (Fsp3) is 0.444. The quantitative estimate of drug-likeness (QED) is 0.861. The maximum atomic E-state index is 12.2. The summed E-state index contributed by atoms with van der Waals surface area (Å²) in [5.74, 6) is 1.11. The normalized spacial score (nSPS) is 20.6. The van der Waals surface area contributed by atoms with E-state index in [0.29, 0.717) is 12.3 Å². The molecular weight excluding hydrogens is 288 g/mol. The molecule has 0 spiro atoms. The molecule has 1 heterocycles. The lowest BCUT2D eigenvalue weighted by molar-refractivity contribution is -0.117. The number of hydrogen-bond donors (Lipinski definition) is 2. The van der Waals surface area contributed by atoms with Crippen LogP contribution in [0.4, 0.5) is 5.82 Å². The van der Waals surface area contributed by atoms with Crippen LogP contribution >= 0.6 is 0 Å². The van der Waals surface area contributed by atoms with Crippen molar-refractivity contribution in [3.8, 4) is 0 Å². The second-order valence-electron chi connectivity index (χ2n) is 6.28. The Kier molecular flexibility index (Phi) is 5.08. The molecule has 0 unspecified atom stereocenters. The standard InChI is InChI=1S/C18H24N4O/c19-16-8-4-7-15(16)13-18(23)21-17-9-11-20-22(17)12-10-14-5-2-1-3-6-14/h1-3,5-6,9,11,15-16H,4,7-8,10,12-13,19H2,(H,21,23)/t15-,16+/m0/s1. The Morgan fingerprint density at radius 3 is 2.83 bits per heavy atom. The number of benzene rings is 1. The van der Waals surface area contributed by atoms with E-state index in [1.165, 1.54) is 5.56 Å². The lowest BCUT2D eigenvalue weighted by Gasteiger charge is -2.15. The highest BCUT2D eigenvalue weighted by Crippen LogP contribution is 2.27. The summed E-state index contributed by atoms with van der Waals surface area (Å²) in [5, 5.41) is 7.29. The first-order chi connectivity index (χ1) is 11.2. The van der Waals surface area contributed by atoms with Crippen molar-refractivity contribution >= 4 is 11.7 Å². The van der Waals surface area contributed by atoms with Gasteiger partial charge in [-0.05, 0) is 30.7 Å². The summed E-state index contributed by atoms with van der Waals surface area (Å²) in [5.41, 5.74) is 7.31. The van der Waals surface area contributed by atoms with Crippen LogP contribution in [0.15, 0.2) is 42.6 Å². The fourth-order valence-electron chi connectivity index (χ4n) is 3.25. The number of amides is 1. The molecule has 1 aromatic carbocycles. The Hall–Kier alpha value is -2.14. The van der Waals surface area contributed by atoms with E-state index >= 15 is 0 Å². The van der Waals surface area contributed by atoms with Crippen LogP contribution in [-0.2, 0) is 17.8 Å². The van der Waals surface area contributed by atoms with Crippen LogP contribution in [0.3, 0.4) is 0 Å². The smallest absolute Gasteiger partial charge is 0.225 e. The van der Waals surface area contributed by atoms with Crippen LogP contribution in [0.2, 0.25) is 0 Å². The predicted molar refractivity (Wildman–Crippen MR) is 90.9 cm³/mol. The molecule has 1 aromatic heterocycles. The van der Waals surface area contributed by atoms with Gasteiger partial charge < -0.3 is 11.1 Å². The highest BCUT2D eigenvalue weighted by Gasteiger charge is 2.26. The summed E-state index contributed by atoms with van der Waals surface area (Å²) in [6, 6.07) is 12.3. The molecule has 1 aliphatic carbocycles. The molecule has 0 bridgehead atoms. The predicted octanol–water partition coefficient (Wildman–Crippen LogP) is 2.58. The van der Waals surface area contributed by atoms with Crippen LogP contribution in [0, 0.1) is 5.92 Å². The first-order valence-electron chi connectivity index (χ1n) is 8.33. The van der Waals surface area contributed by atoms with Crippen LogP contribution in [-0.4, -0.2) is 21.7 Å². The van der Waals surface area contributed by atoms with Crippen molar-refractivity contribution in [1.29, 1.82) is 0 Å². The van der Waals surface area contributed by atoms with Crippen molar-refractivity contribution in [3.05, 3.63) is 48.2 Å². The monoisotopic (exact) mass is 312 g/mol. The molecule has 5 heteroatoms. The molecule has 2 atom stereocenters. The molecule has 23 heavy (non-hydrogen) atoms. The fourth-order valence-corrected chi connectivity index (χ4v) is 3.25. The number of hydrogen-bond acceptors (Lipinski definition) is 3. The van der Waals surface area contributed by atoms with Crippen molar-refractivity contribution < 1.29 is 4.79 Å². The van der Waals surface area contributed by atoms with Gasteiger partial charge >= 0.3 is 0 Å². The highest BCUT2D eigenvalue weighted by molar-refractivity contribution is 5.90. The molecular formula is C18H24N4O. The molecule has 122 valence electrons. The van der Waals surface area contributed by atoms with Gasteiger partial charge in [0.05, 0.1) is 6.20 Å². The number of aryl methyl sites for hydroxylation is 2. The van der Waals surface area contributed by atoms with E-state index in [4.69, 9.17) is 5.73 Å². The number of anilines is 1. The van der Waals surface area contributed by atoms with Crippen molar-refractivity contribution in [2.75, 3.05) is 5.32 Å². The van der Waals surface area contributed by atoms with Gasteiger partial charge in [-0.1, -0.05) is 36.8 Å². The summed E-state index contributed by atoms with van der Waals surface area (Å²) in [6.07, 6.45) is 6.34. The van der Waals surface area contributed by atoms with E-state index < -0.39 is 0 Å². The molecule has 2 aromatic rings. The van der Waals surface area contributed by atoms with E-state index in [9.17, 15) is 4.79 Å². The molecule has 3 rings (SSSR count). The molecule has 0 radical (unpaired) electrons. The number of nitrogens with one attached hydrogen (secondary N) is 1. The summed E-state index contributed by atoms with van der Waals surface area (Å²) < 4.78 is 1.85. The van der Waals surface area contributed by atoms with Gasteiger partial charge in [-0.3, -0.25) is 4.79 Å². The molecule has 0 aliphatic heterocycles. The molecule has 1 amide bonds. The number of carbonyl (C=O) groups excluding carboxylic acids is 1. The van der Waals surface area contributed by atoms with Gasteiger partial charge in [0.1, 0.15) is 5.82 Å². The van der Waals surface area contributed by atoms with Crippen molar-refractivity contribution in [2.45, 2.75) is 44.7 Å². The summed E-state index contributed by atoms with van der Waals surface area (Å²) in [6.45, 7) is 0.746. The van der Waals surface area contributed by atoms with Gasteiger partial charge in [0, 0.05) is 25.1 Å². The molecule has 0 saturated heterocycles. The Bertz CT molecular complexity index is 637. The molecule has 1 aliphatic rings. The number of rotatable bonds is 6. The Morgan fingerprint density at radius 1 is 1.26 bits per heavy atom. The summed E-state index contributed by atoms with van der Waals surface area (Å²) in [4.78, 5) is 12.2. The number of nitrogens with zero attached hydrogens (tertiary/aromatic N) is 2. The van der Waals surface area contributed by atoms with Crippen LogP contribution in [0.25, 0.3) is 0 Å². The van der Waals surface area contributed by atoms with E-state index in [1.54, 1.807) is 6.20 Å². The number of carbonyl (C=O) groups is 1. The molecule has 3 N–H and O–H groups in total. The van der Waals surface area contributed by atoms with Crippen molar-refractivity contribution in [1.82, 2.24) is 9.78 Å². The van der Waals surface area contributed by atoms with Crippen LogP contribution in [0.1, 0.15) is 31.2 Å². The van der Waals surface area contributed by atoms with E-state index in [-0.39, 0.29) is 11.9 Å². The van der Waals surface area contributed by atoms with E-state index in [0.717, 1.165) is 38.0 Å². The Morgan fingerprint density at radius 2 is 2.09 bits per heavy atom. The summed E-state index contributed by atoms with van der Waals surface area (Å²) in [7, 11) is 0. The zero-order valence-corrected chi connectivity index (χ0v) is 13.3. The minimum atomic E-state index is 0.0359. The third kappa shape index (κ3) is 4.20. The van der Waals surface area contributed by atoms with Gasteiger partial charge in [-0.25, -0.2) is 4.68 Å². The molecule has 1 saturated carbocycles. The average Bonchev–Trinajstić information content (AvgIpc) is 3.16. The molecule has 5 nitrogen and oxygen atoms in total. The van der Waals surface area contributed by atoms with Gasteiger partial charge in [0.25, 0.3) is 0 Å². The average molecular weight is 312 g/mol. The van der Waals surface area contributed by atoms with E-state index in [2.05, 4.69) is 22.5 Å². The third-order valence-corrected chi connectivity index (χ3v) is 4.60. The van der Waals surface area contributed by atoms with Crippen molar-refractivity contribution in [3.63, 3.8) is 0 Å². The van der Waals surface area contributed by atoms with Gasteiger partial charge in [-0.2, -0.15) is 5.10 Å². The van der Waals surface area contributed by atoms with Gasteiger partial charge in [-0.15, -0.1) is 0 Å². The maximum absolute atomic E-state index is 12.2. The Labute approximate surface area is 136 Å². The van der Waals surface area contributed by atoms with Crippen molar-refractivity contribution in [2.24, 2.45) is 11.7 Å². The highest BCUT2D eigenvalue weighted by atomic mass is 16.1. The minimum Gasteiger partial charge on any atom is -0.327 e. The Balaban J connectivity index is 1.54. The zero-order chi connectivity index (χ0) is 16.1. The first kappa shape index (κ1) is 15.7. The van der Waals surface area contributed by atoms with Crippen LogP contribution < -0.4 is 11.1 Å². The third-order valence-electron chi connectivity index (χ3n) is 4.60. The van der Waals surface area contributed by atoms with Gasteiger partial charge in [0.2, 0.25) is 5.91 Å². The number of nitrogens with two attached hydrogens (primary N) is 1. The van der Waals surface area contributed by atoms with Gasteiger partial charge in [0.15, 0.2) is 0 Å². The first-order valence-corrected chi connectivity index (χ1v) is 8.33. The topological polar surface area (TPSA) is 72.9 Å². The van der Waals surface area contributed by atoms with E-state index in [1.807, 2.05) is 28.9 Å². The largest absolute Gasteiger partial charge is 0.327 e. The zero-order valence-electron chi connectivity index (χ0n) is 13.3. The number of aromatic nitrogens is 2. The lowest BCUT2D eigenvalue weighted by atomic mass is 10.00. The lowest BCUT2D eigenvalue weighted by Crippen LogP contribution is -2.28. The SMILES string of the molecule is N[C@@H]1CCC[C@H]1CC(=O)Nc1ccnn1CCc1ccccc1. The molecule has 1 fully saturated rings. The summed E-state index contributed by atoms with van der Waals surface area (Å²) >= 11 is 0. The minimum absolute atomic E-state index is 0.0359. The second-order valence-corrected chi connectivity index (χ2v) is 6.28.